The molecule has 0 fully saturated rings. The standard InChI is InChI=1S/C15H27NO4/c1-13(2)15(19)20-12-8-11-16(3,4)10-7-5-6-9-14(17)18/h1,5-12H2,2-4H3. The zero-order valence-corrected chi connectivity index (χ0v) is 12.9. The maximum Gasteiger partial charge on any atom is 0.333 e. The molecular weight excluding hydrogens is 258 g/mol. The number of esters is 1. The summed E-state index contributed by atoms with van der Waals surface area (Å²) in [5, 5.41) is 10.3. The highest BCUT2D eigenvalue weighted by Gasteiger charge is 2.14. The predicted octanol–water partition coefficient (Wildman–Crippen LogP) is 0.883. The lowest BCUT2D eigenvalue weighted by atomic mass is 10.2. The molecule has 0 heterocycles. The molecule has 0 aromatic rings. The van der Waals surface area contributed by atoms with E-state index >= 15 is 0 Å². The Kier molecular flexibility index (Phi) is 8.88. The lowest BCUT2D eigenvalue weighted by molar-refractivity contribution is -0.890. The van der Waals surface area contributed by atoms with E-state index in [-0.39, 0.29) is 12.4 Å². The molecule has 0 amide bonds. The number of unbranched alkanes of at least 4 members (excludes halogenated alkanes) is 2. The molecule has 0 aliphatic rings. The van der Waals surface area contributed by atoms with Crippen molar-refractivity contribution in [3.05, 3.63) is 12.2 Å². The van der Waals surface area contributed by atoms with Crippen LogP contribution in [0.15, 0.2) is 12.2 Å². The number of rotatable bonds is 11. The van der Waals surface area contributed by atoms with Crippen molar-refractivity contribution < 1.29 is 23.9 Å². The third-order valence-electron chi connectivity index (χ3n) is 3.13. The summed E-state index contributed by atoms with van der Waals surface area (Å²) < 4.78 is 5.89. The van der Waals surface area contributed by atoms with Crippen LogP contribution in [-0.4, -0.2) is 50.2 Å². The fraction of sp³-hybridized carbons (Fsp3) is 0.733. The monoisotopic (exact) mass is 285 g/mol. The molecule has 0 unspecified atom stereocenters. The van der Waals surface area contributed by atoms with E-state index in [0.29, 0.717) is 18.6 Å². The Morgan fingerprint density at radius 1 is 1.10 bits per heavy atom. The maximum absolute atomic E-state index is 11.2. The Balaban J connectivity index is 3.66. The molecule has 0 spiro atoms. The number of ether oxygens (including phenoxy) is 1. The van der Waals surface area contributed by atoms with Crippen LogP contribution in [0.25, 0.3) is 0 Å². The zero-order chi connectivity index (χ0) is 15.6. The van der Waals surface area contributed by atoms with Crippen molar-refractivity contribution in [3.8, 4) is 0 Å². The summed E-state index contributed by atoms with van der Waals surface area (Å²) in [5.41, 5.74) is 0.423. The van der Waals surface area contributed by atoms with Gasteiger partial charge in [0.2, 0.25) is 0 Å². The minimum atomic E-state index is -0.974. The molecule has 5 heteroatoms. The van der Waals surface area contributed by atoms with E-state index < -0.39 is 5.97 Å². The van der Waals surface area contributed by atoms with Crippen LogP contribution in [0.4, 0.5) is 0 Å². The average molecular weight is 285 g/mol. The zero-order valence-electron chi connectivity index (χ0n) is 12.9. The molecule has 0 saturated carbocycles. The number of nitrogens with zero attached hydrogens (tertiary/aromatic N) is 1. The molecule has 0 rings (SSSR count). The van der Waals surface area contributed by atoms with E-state index in [1.165, 1.54) is 0 Å². The van der Waals surface area contributed by atoms with E-state index in [1.807, 2.05) is 0 Å². The normalized spacial score (nSPS) is 11.2. The van der Waals surface area contributed by atoms with E-state index in [0.717, 1.165) is 36.8 Å². The Bertz CT molecular complexity index is 337. The molecule has 0 aliphatic heterocycles. The van der Waals surface area contributed by atoms with Crippen molar-refractivity contribution in [3.63, 3.8) is 0 Å². The molecule has 0 atom stereocenters. The molecule has 0 aromatic carbocycles. The molecule has 0 saturated heterocycles. The molecule has 0 bridgehead atoms. The molecular formula is C15H27NO4. The third kappa shape index (κ3) is 10.6. The minimum Gasteiger partial charge on any atom is -0.550 e. The van der Waals surface area contributed by atoms with Crippen LogP contribution in [0.2, 0.25) is 0 Å². The van der Waals surface area contributed by atoms with Gasteiger partial charge in [-0.1, -0.05) is 6.58 Å². The highest BCUT2D eigenvalue weighted by molar-refractivity contribution is 5.86. The Labute approximate surface area is 121 Å². The lowest BCUT2D eigenvalue weighted by Gasteiger charge is -2.29. The number of aliphatic carboxylic acids is 1. The summed E-state index contributed by atoms with van der Waals surface area (Å²) in [6.45, 7) is 7.49. The van der Waals surface area contributed by atoms with Gasteiger partial charge in [-0.3, -0.25) is 0 Å². The summed E-state index contributed by atoms with van der Waals surface area (Å²) in [6, 6.07) is 0. The minimum absolute atomic E-state index is 0.143. The van der Waals surface area contributed by atoms with Crippen LogP contribution in [0.1, 0.15) is 39.0 Å². The van der Waals surface area contributed by atoms with Crippen molar-refractivity contribution in [1.29, 1.82) is 0 Å². The van der Waals surface area contributed by atoms with Gasteiger partial charge in [0, 0.05) is 18.0 Å². The molecule has 0 aromatic heterocycles. The number of hydrogen-bond donors (Lipinski definition) is 0. The first-order chi connectivity index (χ1) is 9.24. The summed E-state index contributed by atoms with van der Waals surface area (Å²) >= 11 is 0. The van der Waals surface area contributed by atoms with Crippen molar-refractivity contribution >= 4 is 11.9 Å². The SMILES string of the molecule is C=C(C)C(=O)OCCC[N+](C)(C)CCCCCC(=O)[O-]. The largest absolute Gasteiger partial charge is 0.550 e. The molecule has 0 radical (unpaired) electrons. The van der Waals surface area contributed by atoms with Crippen molar-refractivity contribution in [2.75, 3.05) is 33.8 Å². The van der Waals surface area contributed by atoms with Gasteiger partial charge in [0.25, 0.3) is 0 Å². The van der Waals surface area contributed by atoms with E-state index in [4.69, 9.17) is 4.74 Å². The van der Waals surface area contributed by atoms with Gasteiger partial charge >= 0.3 is 5.97 Å². The average Bonchev–Trinajstić information content (AvgIpc) is 2.33. The predicted molar refractivity (Wildman–Crippen MR) is 75.7 cm³/mol. The molecule has 20 heavy (non-hydrogen) atoms. The summed E-state index contributed by atoms with van der Waals surface area (Å²) in [7, 11) is 4.25. The van der Waals surface area contributed by atoms with E-state index in [2.05, 4.69) is 20.7 Å². The van der Waals surface area contributed by atoms with Gasteiger partial charge in [-0.25, -0.2) is 4.79 Å². The summed E-state index contributed by atoms with van der Waals surface area (Å²) in [5.74, 6) is -1.31. The summed E-state index contributed by atoms with van der Waals surface area (Å²) in [6.07, 6.45) is 3.53. The Morgan fingerprint density at radius 3 is 2.25 bits per heavy atom. The highest BCUT2D eigenvalue weighted by Crippen LogP contribution is 2.07. The van der Waals surface area contributed by atoms with E-state index in [1.54, 1.807) is 6.92 Å². The number of hydrogen-bond acceptors (Lipinski definition) is 4. The number of carboxylic acids is 1. The van der Waals surface area contributed by atoms with Gasteiger partial charge in [-0.15, -0.1) is 0 Å². The van der Waals surface area contributed by atoms with Crippen molar-refractivity contribution in [2.45, 2.75) is 39.0 Å². The van der Waals surface area contributed by atoms with Gasteiger partial charge in [-0.05, 0) is 32.6 Å². The second-order valence-corrected chi connectivity index (χ2v) is 5.84. The molecule has 5 nitrogen and oxygen atoms in total. The quantitative estimate of drug-likeness (QED) is 0.245. The Hall–Kier alpha value is -1.36. The molecule has 116 valence electrons. The van der Waals surface area contributed by atoms with Crippen LogP contribution >= 0.6 is 0 Å². The lowest BCUT2D eigenvalue weighted by Crippen LogP contribution is -2.41. The van der Waals surface area contributed by atoms with Gasteiger partial charge in [0.05, 0.1) is 33.8 Å². The number of carbonyl (C=O) groups is 2. The van der Waals surface area contributed by atoms with Gasteiger partial charge in [0.1, 0.15) is 0 Å². The Morgan fingerprint density at radius 2 is 1.70 bits per heavy atom. The van der Waals surface area contributed by atoms with Gasteiger partial charge in [-0.2, -0.15) is 0 Å². The first kappa shape index (κ1) is 18.6. The number of carbonyl (C=O) groups excluding carboxylic acids is 2. The second-order valence-electron chi connectivity index (χ2n) is 5.84. The first-order valence-electron chi connectivity index (χ1n) is 7.09. The van der Waals surface area contributed by atoms with Crippen LogP contribution < -0.4 is 5.11 Å². The molecule has 0 N–H and O–H groups in total. The van der Waals surface area contributed by atoms with Crippen LogP contribution in [0, 0.1) is 0 Å². The fourth-order valence-corrected chi connectivity index (χ4v) is 1.88. The molecule has 0 aliphatic carbocycles. The van der Waals surface area contributed by atoms with E-state index in [9.17, 15) is 14.7 Å². The third-order valence-corrected chi connectivity index (χ3v) is 3.13. The van der Waals surface area contributed by atoms with Crippen LogP contribution in [0.3, 0.4) is 0 Å². The van der Waals surface area contributed by atoms with Gasteiger partial charge in [0.15, 0.2) is 0 Å². The fourth-order valence-electron chi connectivity index (χ4n) is 1.88. The highest BCUT2D eigenvalue weighted by atomic mass is 16.5. The van der Waals surface area contributed by atoms with Gasteiger partial charge < -0.3 is 19.1 Å². The van der Waals surface area contributed by atoms with Crippen molar-refractivity contribution in [1.82, 2.24) is 0 Å². The van der Waals surface area contributed by atoms with Crippen molar-refractivity contribution in [2.24, 2.45) is 0 Å². The van der Waals surface area contributed by atoms with Crippen LogP contribution in [-0.2, 0) is 14.3 Å². The maximum atomic E-state index is 11.2. The number of quaternary nitrogens is 1. The van der Waals surface area contributed by atoms with Crippen LogP contribution in [0.5, 0.6) is 0 Å². The summed E-state index contributed by atoms with van der Waals surface area (Å²) in [4.78, 5) is 21.5. The number of carboxylic acid groups (broad SMARTS) is 1. The smallest absolute Gasteiger partial charge is 0.333 e. The topological polar surface area (TPSA) is 66.4 Å². The second kappa shape index (κ2) is 9.53. The first-order valence-corrected chi connectivity index (χ1v) is 7.09.